The molecule has 0 aliphatic heterocycles. The van der Waals surface area contributed by atoms with E-state index >= 15 is 0 Å². The minimum Gasteiger partial charge on any atom is -0.493 e. The molecule has 0 spiro atoms. The zero-order chi connectivity index (χ0) is 18.7. The molecule has 6 nitrogen and oxygen atoms in total. The van der Waals surface area contributed by atoms with E-state index in [0.29, 0.717) is 29.4 Å². The van der Waals surface area contributed by atoms with E-state index in [4.69, 9.17) is 9.47 Å². The fourth-order valence-corrected chi connectivity index (χ4v) is 2.79. The second-order valence-corrected chi connectivity index (χ2v) is 6.65. The van der Waals surface area contributed by atoms with Crippen LogP contribution < -0.4 is 15.0 Å². The van der Waals surface area contributed by atoms with Gasteiger partial charge >= 0.3 is 0 Å². The Balaban J connectivity index is 1.99. The summed E-state index contributed by atoms with van der Waals surface area (Å²) in [5.41, 5.74) is 1.42. The first-order valence-electron chi connectivity index (χ1n) is 8.66. The molecule has 1 atom stereocenters. The third-order valence-corrected chi connectivity index (χ3v) is 4.22. The molecule has 0 amide bonds. The van der Waals surface area contributed by atoms with Gasteiger partial charge in [0.2, 0.25) is 0 Å². The number of hydrogen-bond acceptors (Lipinski definition) is 5. The van der Waals surface area contributed by atoms with E-state index in [2.05, 4.69) is 24.2 Å². The summed E-state index contributed by atoms with van der Waals surface area (Å²) < 4.78 is 13.1. The number of ether oxygens (including phenoxy) is 2. The average molecular weight is 353 g/mol. The Morgan fingerprint density at radius 2 is 1.85 bits per heavy atom. The number of benzene rings is 2. The zero-order valence-electron chi connectivity index (χ0n) is 15.5. The molecular weight excluding hydrogens is 330 g/mol. The molecule has 26 heavy (non-hydrogen) atoms. The Bertz CT molecular complexity index is 966. The van der Waals surface area contributed by atoms with Crippen molar-refractivity contribution in [1.82, 2.24) is 15.0 Å². The van der Waals surface area contributed by atoms with Crippen molar-refractivity contribution in [1.29, 1.82) is 0 Å². The molecule has 0 saturated carbocycles. The van der Waals surface area contributed by atoms with Gasteiger partial charge in [0.1, 0.15) is 0 Å². The standard InChI is InChI=1S/C20H23N3O3/c1-13(2)12-26-18-10-9-15(11-19(18)25-4)14(3)23-17-8-6-5-7-16(17)20(24)21-22-23/h5-11,13-14H,12H2,1-4H3. The normalized spacial score (nSPS) is 12.3. The van der Waals surface area contributed by atoms with Crippen LogP contribution in [0.5, 0.6) is 11.5 Å². The largest absolute Gasteiger partial charge is 0.493 e. The van der Waals surface area contributed by atoms with Crippen molar-refractivity contribution in [2.45, 2.75) is 26.8 Å². The molecule has 6 heteroatoms. The molecule has 2 aromatic carbocycles. The summed E-state index contributed by atoms with van der Waals surface area (Å²) in [5, 5.41) is 8.42. The molecule has 0 aliphatic carbocycles. The molecular formula is C20H23N3O3. The van der Waals surface area contributed by atoms with Gasteiger partial charge in [-0.15, -0.1) is 0 Å². The maximum Gasteiger partial charge on any atom is 0.299 e. The zero-order valence-corrected chi connectivity index (χ0v) is 15.5. The molecule has 136 valence electrons. The van der Waals surface area contributed by atoms with E-state index in [-0.39, 0.29) is 11.6 Å². The van der Waals surface area contributed by atoms with Crippen LogP contribution in [0.3, 0.4) is 0 Å². The lowest BCUT2D eigenvalue weighted by Gasteiger charge is -2.19. The van der Waals surface area contributed by atoms with Gasteiger partial charge in [-0.25, -0.2) is 4.68 Å². The van der Waals surface area contributed by atoms with Crippen LogP contribution in [0.1, 0.15) is 32.4 Å². The molecule has 0 bridgehead atoms. The highest BCUT2D eigenvalue weighted by atomic mass is 16.5. The maximum absolute atomic E-state index is 11.9. The third-order valence-electron chi connectivity index (χ3n) is 4.22. The number of aromatic nitrogens is 3. The van der Waals surface area contributed by atoms with Crippen LogP contribution in [-0.4, -0.2) is 28.7 Å². The van der Waals surface area contributed by atoms with Gasteiger partial charge in [0.15, 0.2) is 11.5 Å². The van der Waals surface area contributed by atoms with Crippen LogP contribution in [0, 0.1) is 5.92 Å². The van der Waals surface area contributed by atoms with Crippen LogP contribution in [0.25, 0.3) is 10.9 Å². The SMILES string of the molecule is COc1cc(C(C)n2nnc(=O)c3ccccc32)ccc1OCC(C)C. The fourth-order valence-electron chi connectivity index (χ4n) is 2.79. The Labute approximate surface area is 152 Å². The van der Waals surface area contributed by atoms with Gasteiger partial charge in [0, 0.05) is 0 Å². The second kappa shape index (κ2) is 7.56. The minimum atomic E-state index is -0.320. The summed E-state index contributed by atoms with van der Waals surface area (Å²) in [6, 6.07) is 13.1. The highest BCUT2D eigenvalue weighted by molar-refractivity contribution is 5.77. The summed E-state index contributed by atoms with van der Waals surface area (Å²) >= 11 is 0. The monoisotopic (exact) mass is 353 g/mol. The first kappa shape index (κ1) is 17.9. The summed E-state index contributed by atoms with van der Waals surface area (Å²) in [6.45, 7) is 6.84. The quantitative estimate of drug-likeness (QED) is 0.679. The third kappa shape index (κ3) is 3.54. The minimum absolute atomic E-state index is 0.124. The van der Waals surface area contributed by atoms with Crippen molar-refractivity contribution in [3.05, 3.63) is 58.4 Å². The van der Waals surface area contributed by atoms with Crippen molar-refractivity contribution in [2.24, 2.45) is 5.92 Å². The van der Waals surface area contributed by atoms with Crippen molar-refractivity contribution in [2.75, 3.05) is 13.7 Å². The molecule has 0 radical (unpaired) electrons. The molecule has 0 saturated heterocycles. The highest BCUT2D eigenvalue weighted by Crippen LogP contribution is 2.32. The predicted octanol–water partition coefficient (Wildman–Crippen LogP) is 3.44. The van der Waals surface area contributed by atoms with Gasteiger partial charge in [-0.1, -0.05) is 42.4 Å². The van der Waals surface area contributed by atoms with Crippen molar-refractivity contribution >= 4 is 10.9 Å². The Hall–Kier alpha value is -2.89. The van der Waals surface area contributed by atoms with Crippen LogP contribution in [0.15, 0.2) is 47.3 Å². The van der Waals surface area contributed by atoms with E-state index in [1.807, 2.05) is 43.3 Å². The lowest BCUT2D eigenvalue weighted by atomic mass is 10.1. The van der Waals surface area contributed by atoms with Gasteiger partial charge in [0.25, 0.3) is 5.56 Å². The first-order valence-corrected chi connectivity index (χ1v) is 8.66. The van der Waals surface area contributed by atoms with Gasteiger partial charge in [0.05, 0.1) is 30.7 Å². The molecule has 0 N–H and O–H groups in total. The van der Waals surface area contributed by atoms with Crippen molar-refractivity contribution in [3.63, 3.8) is 0 Å². The first-order chi connectivity index (χ1) is 12.5. The molecule has 1 aromatic heterocycles. The van der Waals surface area contributed by atoms with Gasteiger partial charge in [-0.3, -0.25) is 4.79 Å². The van der Waals surface area contributed by atoms with E-state index in [1.165, 1.54) is 0 Å². The van der Waals surface area contributed by atoms with E-state index in [9.17, 15) is 4.79 Å². The number of methoxy groups -OCH3 is 1. The number of nitrogens with zero attached hydrogens (tertiary/aromatic N) is 3. The Morgan fingerprint density at radius 1 is 1.08 bits per heavy atom. The number of rotatable bonds is 6. The Morgan fingerprint density at radius 3 is 2.58 bits per heavy atom. The van der Waals surface area contributed by atoms with Gasteiger partial charge < -0.3 is 9.47 Å². The van der Waals surface area contributed by atoms with Gasteiger partial charge in [-0.2, -0.15) is 0 Å². The number of hydrogen-bond donors (Lipinski definition) is 0. The van der Waals surface area contributed by atoms with Gasteiger partial charge in [-0.05, 0) is 42.7 Å². The maximum atomic E-state index is 11.9. The molecule has 1 heterocycles. The molecule has 3 rings (SSSR count). The number of para-hydroxylation sites is 1. The predicted molar refractivity (Wildman–Crippen MR) is 101 cm³/mol. The number of fused-ring (bicyclic) bond motifs is 1. The second-order valence-electron chi connectivity index (χ2n) is 6.65. The Kier molecular flexibility index (Phi) is 5.21. The van der Waals surface area contributed by atoms with Crippen LogP contribution >= 0.6 is 0 Å². The van der Waals surface area contributed by atoms with Crippen molar-refractivity contribution in [3.8, 4) is 11.5 Å². The summed E-state index contributed by atoms with van der Waals surface area (Å²) in [7, 11) is 1.63. The fraction of sp³-hybridized carbons (Fsp3) is 0.350. The lowest BCUT2D eigenvalue weighted by Crippen LogP contribution is -2.20. The van der Waals surface area contributed by atoms with Crippen LogP contribution in [0.4, 0.5) is 0 Å². The summed E-state index contributed by atoms with van der Waals surface area (Å²) in [6.07, 6.45) is 0. The van der Waals surface area contributed by atoms with E-state index < -0.39 is 0 Å². The summed E-state index contributed by atoms with van der Waals surface area (Å²) in [4.78, 5) is 11.9. The topological polar surface area (TPSA) is 66.2 Å². The summed E-state index contributed by atoms with van der Waals surface area (Å²) in [5.74, 6) is 1.82. The van der Waals surface area contributed by atoms with Crippen LogP contribution in [-0.2, 0) is 0 Å². The smallest absolute Gasteiger partial charge is 0.299 e. The molecule has 0 aliphatic rings. The van der Waals surface area contributed by atoms with Crippen molar-refractivity contribution < 1.29 is 9.47 Å². The molecule has 0 fully saturated rings. The lowest BCUT2D eigenvalue weighted by molar-refractivity contribution is 0.256. The van der Waals surface area contributed by atoms with E-state index in [0.717, 1.165) is 11.1 Å². The van der Waals surface area contributed by atoms with Crippen LogP contribution in [0.2, 0.25) is 0 Å². The molecule has 1 unspecified atom stereocenters. The average Bonchev–Trinajstić information content (AvgIpc) is 2.66. The highest BCUT2D eigenvalue weighted by Gasteiger charge is 2.16. The van der Waals surface area contributed by atoms with E-state index in [1.54, 1.807) is 17.9 Å². The molecule has 3 aromatic rings.